The molecule has 0 atom stereocenters. The van der Waals surface area contributed by atoms with Gasteiger partial charge in [0, 0.05) is 17.8 Å². The number of carbonyl (C=O) groups is 1. The average Bonchev–Trinajstić information content (AvgIpc) is 2.71. The molecule has 0 bridgehead atoms. The SMILES string of the molecule is N#Cc1ccnc(OC2CN(C(=O)c3ccc(-c4ccccc4)cc3)C2)c1. The summed E-state index contributed by atoms with van der Waals surface area (Å²) in [6.45, 7) is 1.02. The minimum absolute atomic E-state index is 0.00630. The molecule has 2 heterocycles. The maximum atomic E-state index is 12.6. The zero-order valence-electron chi connectivity index (χ0n) is 14.6. The summed E-state index contributed by atoms with van der Waals surface area (Å²) in [5, 5.41) is 8.91. The Balaban J connectivity index is 1.35. The van der Waals surface area contributed by atoms with E-state index in [1.807, 2.05) is 54.6 Å². The van der Waals surface area contributed by atoms with Crippen molar-refractivity contribution >= 4 is 5.91 Å². The number of carbonyl (C=O) groups excluding carboxylic acids is 1. The fourth-order valence-corrected chi connectivity index (χ4v) is 3.01. The number of benzene rings is 2. The average molecular weight is 355 g/mol. The zero-order valence-corrected chi connectivity index (χ0v) is 14.6. The van der Waals surface area contributed by atoms with Gasteiger partial charge >= 0.3 is 0 Å². The molecule has 0 radical (unpaired) electrons. The van der Waals surface area contributed by atoms with E-state index in [0.717, 1.165) is 11.1 Å². The molecule has 0 unspecified atom stereocenters. The van der Waals surface area contributed by atoms with Crippen molar-refractivity contribution in [3.63, 3.8) is 0 Å². The van der Waals surface area contributed by atoms with Crippen molar-refractivity contribution in [2.75, 3.05) is 13.1 Å². The van der Waals surface area contributed by atoms with Gasteiger partial charge in [-0.05, 0) is 29.3 Å². The van der Waals surface area contributed by atoms with Crippen molar-refractivity contribution in [2.24, 2.45) is 0 Å². The standard InChI is InChI=1S/C22H17N3O2/c23-13-16-10-11-24-21(12-16)27-20-14-25(15-20)22(26)19-8-6-18(7-9-19)17-4-2-1-3-5-17/h1-12,20H,14-15H2. The highest BCUT2D eigenvalue weighted by Crippen LogP contribution is 2.22. The lowest BCUT2D eigenvalue weighted by Crippen LogP contribution is -2.56. The van der Waals surface area contributed by atoms with Crippen LogP contribution in [0.1, 0.15) is 15.9 Å². The van der Waals surface area contributed by atoms with E-state index in [9.17, 15) is 4.79 Å². The predicted octanol–water partition coefficient (Wildman–Crippen LogP) is 3.52. The van der Waals surface area contributed by atoms with Crippen LogP contribution in [0.3, 0.4) is 0 Å². The molecule has 27 heavy (non-hydrogen) atoms. The first-order chi connectivity index (χ1) is 13.2. The summed E-state index contributed by atoms with van der Waals surface area (Å²) in [6, 6.07) is 23.0. The second-order valence-electron chi connectivity index (χ2n) is 6.39. The smallest absolute Gasteiger partial charge is 0.254 e. The largest absolute Gasteiger partial charge is 0.471 e. The lowest BCUT2D eigenvalue weighted by molar-refractivity contribution is 0.0160. The van der Waals surface area contributed by atoms with E-state index in [1.54, 1.807) is 23.2 Å². The van der Waals surface area contributed by atoms with E-state index in [2.05, 4.69) is 11.1 Å². The van der Waals surface area contributed by atoms with Crippen LogP contribution in [-0.2, 0) is 0 Å². The van der Waals surface area contributed by atoms with E-state index < -0.39 is 0 Å². The normalized spacial score (nSPS) is 13.5. The van der Waals surface area contributed by atoms with E-state index in [-0.39, 0.29) is 12.0 Å². The molecule has 2 aromatic carbocycles. The summed E-state index contributed by atoms with van der Waals surface area (Å²) >= 11 is 0. The van der Waals surface area contributed by atoms with E-state index in [0.29, 0.717) is 30.1 Å². The molecule has 1 saturated heterocycles. The first kappa shape index (κ1) is 16.8. The van der Waals surface area contributed by atoms with Gasteiger partial charge < -0.3 is 9.64 Å². The Hall–Kier alpha value is -3.65. The molecule has 1 fully saturated rings. The van der Waals surface area contributed by atoms with E-state index in [4.69, 9.17) is 10.00 Å². The molecular weight excluding hydrogens is 338 g/mol. The number of likely N-dealkylation sites (tertiary alicyclic amines) is 1. The van der Waals surface area contributed by atoms with Crippen LogP contribution in [0.4, 0.5) is 0 Å². The Bertz CT molecular complexity index is 988. The number of nitriles is 1. The molecule has 0 spiro atoms. The summed E-state index contributed by atoms with van der Waals surface area (Å²) in [7, 11) is 0. The number of nitrogens with zero attached hydrogens (tertiary/aromatic N) is 3. The molecule has 1 amide bonds. The Morgan fingerprint density at radius 1 is 1.04 bits per heavy atom. The van der Waals surface area contributed by atoms with Crippen molar-refractivity contribution < 1.29 is 9.53 Å². The summed E-state index contributed by atoms with van der Waals surface area (Å²) in [5.41, 5.74) is 3.38. The number of pyridine rings is 1. The van der Waals surface area contributed by atoms with Crippen LogP contribution >= 0.6 is 0 Å². The molecule has 0 N–H and O–H groups in total. The Morgan fingerprint density at radius 3 is 2.44 bits per heavy atom. The highest BCUT2D eigenvalue weighted by atomic mass is 16.5. The number of aromatic nitrogens is 1. The van der Waals surface area contributed by atoms with Crippen LogP contribution in [0.2, 0.25) is 0 Å². The van der Waals surface area contributed by atoms with Gasteiger partial charge in [-0.1, -0.05) is 42.5 Å². The van der Waals surface area contributed by atoms with E-state index >= 15 is 0 Å². The number of amides is 1. The first-order valence-corrected chi connectivity index (χ1v) is 8.70. The predicted molar refractivity (Wildman–Crippen MR) is 101 cm³/mol. The van der Waals surface area contributed by atoms with Crippen LogP contribution < -0.4 is 4.74 Å². The number of hydrogen-bond donors (Lipinski definition) is 0. The van der Waals surface area contributed by atoms with Gasteiger partial charge in [0.15, 0.2) is 0 Å². The topological polar surface area (TPSA) is 66.2 Å². The molecule has 5 heteroatoms. The maximum Gasteiger partial charge on any atom is 0.254 e. The van der Waals surface area contributed by atoms with Gasteiger partial charge in [-0.25, -0.2) is 4.98 Å². The second kappa shape index (κ2) is 7.30. The number of ether oxygens (including phenoxy) is 1. The van der Waals surface area contributed by atoms with E-state index in [1.165, 1.54) is 0 Å². The minimum atomic E-state index is -0.0982. The molecule has 1 aliphatic heterocycles. The lowest BCUT2D eigenvalue weighted by Gasteiger charge is -2.38. The number of hydrogen-bond acceptors (Lipinski definition) is 4. The second-order valence-corrected chi connectivity index (χ2v) is 6.39. The van der Waals surface area contributed by atoms with Crippen molar-refractivity contribution in [3.05, 3.63) is 84.1 Å². The molecular formula is C22H17N3O2. The van der Waals surface area contributed by atoms with Gasteiger partial charge in [-0.3, -0.25) is 4.79 Å². The van der Waals surface area contributed by atoms with Gasteiger partial charge in [0.2, 0.25) is 5.88 Å². The van der Waals surface area contributed by atoms with Gasteiger partial charge in [0.25, 0.3) is 5.91 Å². The van der Waals surface area contributed by atoms with Crippen molar-refractivity contribution in [1.82, 2.24) is 9.88 Å². The molecule has 0 saturated carbocycles. The summed E-state index contributed by atoms with van der Waals surface area (Å²) in [5.74, 6) is 0.409. The van der Waals surface area contributed by atoms with Crippen LogP contribution in [0.25, 0.3) is 11.1 Å². The van der Waals surface area contributed by atoms with Gasteiger partial charge in [0.1, 0.15) is 6.10 Å². The Kier molecular flexibility index (Phi) is 4.54. The third-order valence-electron chi connectivity index (χ3n) is 4.53. The van der Waals surface area contributed by atoms with Gasteiger partial charge in [-0.15, -0.1) is 0 Å². The highest BCUT2D eigenvalue weighted by Gasteiger charge is 2.33. The molecule has 5 nitrogen and oxygen atoms in total. The third kappa shape index (κ3) is 3.65. The molecule has 3 aromatic rings. The summed E-state index contributed by atoms with van der Waals surface area (Å²) < 4.78 is 5.73. The van der Waals surface area contributed by atoms with Crippen molar-refractivity contribution in [3.8, 4) is 23.1 Å². The number of rotatable bonds is 4. The minimum Gasteiger partial charge on any atom is -0.471 e. The molecule has 1 aromatic heterocycles. The highest BCUT2D eigenvalue weighted by molar-refractivity contribution is 5.95. The van der Waals surface area contributed by atoms with Gasteiger partial charge in [-0.2, -0.15) is 5.26 Å². The van der Waals surface area contributed by atoms with Crippen molar-refractivity contribution in [2.45, 2.75) is 6.10 Å². The first-order valence-electron chi connectivity index (χ1n) is 8.70. The summed E-state index contributed by atoms with van der Waals surface area (Å²) in [4.78, 5) is 18.4. The monoisotopic (exact) mass is 355 g/mol. The zero-order chi connectivity index (χ0) is 18.6. The Morgan fingerprint density at radius 2 is 1.74 bits per heavy atom. The van der Waals surface area contributed by atoms with Crippen LogP contribution in [0, 0.1) is 11.3 Å². The van der Waals surface area contributed by atoms with Crippen LogP contribution in [0.5, 0.6) is 5.88 Å². The quantitative estimate of drug-likeness (QED) is 0.718. The molecule has 0 aliphatic carbocycles. The fraction of sp³-hybridized carbons (Fsp3) is 0.136. The van der Waals surface area contributed by atoms with Crippen LogP contribution in [0.15, 0.2) is 72.9 Å². The molecule has 4 rings (SSSR count). The van der Waals surface area contributed by atoms with Crippen molar-refractivity contribution in [1.29, 1.82) is 5.26 Å². The fourth-order valence-electron chi connectivity index (χ4n) is 3.01. The molecule has 1 aliphatic rings. The lowest BCUT2D eigenvalue weighted by atomic mass is 10.0. The molecule has 132 valence electrons. The van der Waals surface area contributed by atoms with Gasteiger partial charge in [0.05, 0.1) is 24.7 Å². The maximum absolute atomic E-state index is 12.6. The Labute approximate surface area is 157 Å². The van der Waals surface area contributed by atoms with Crippen LogP contribution in [-0.4, -0.2) is 35.0 Å². The third-order valence-corrected chi connectivity index (χ3v) is 4.53. The summed E-state index contributed by atoms with van der Waals surface area (Å²) in [6.07, 6.45) is 1.45.